The number of methoxy groups -OCH3 is 1. The highest BCUT2D eigenvalue weighted by atomic mass is 32.1. The molecule has 0 amide bonds. The lowest BCUT2D eigenvalue weighted by atomic mass is 10.2. The molecule has 2 aromatic rings. The van der Waals surface area contributed by atoms with Gasteiger partial charge in [0.1, 0.15) is 5.75 Å². The fourth-order valence-corrected chi connectivity index (χ4v) is 2.40. The zero-order chi connectivity index (χ0) is 13.0. The standard InChI is InChI=1S/C13H13NO3S/c1-17-10-6-3-2-5-9(10)14-12(13(15)16)11-7-4-8-18-11/h2-8,12,14H,1H3,(H,15,16)/t12-/m0/s1. The van der Waals surface area contributed by atoms with Gasteiger partial charge in [-0.05, 0) is 23.6 Å². The molecule has 1 atom stereocenters. The lowest BCUT2D eigenvalue weighted by Crippen LogP contribution is -2.19. The Bertz CT molecular complexity index is 525. The molecule has 18 heavy (non-hydrogen) atoms. The van der Waals surface area contributed by atoms with Crippen molar-refractivity contribution in [1.29, 1.82) is 0 Å². The van der Waals surface area contributed by atoms with E-state index in [0.717, 1.165) is 4.88 Å². The highest BCUT2D eigenvalue weighted by molar-refractivity contribution is 7.10. The molecule has 0 radical (unpaired) electrons. The molecular weight excluding hydrogens is 250 g/mol. The number of carboxylic acids is 1. The van der Waals surface area contributed by atoms with Crippen LogP contribution in [-0.2, 0) is 4.79 Å². The summed E-state index contributed by atoms with van der Waals surface area (Å²) in [5.41, 5.74) is 0.667. The molecule has 0 fully saturated rings. The van der Waals surface area contributed by atoms with Crippen LogP contribution in [-0.4, -0.2) is 18.2 Å². The molecule has 0 aliphatic heterocycles. The molecule has 0 unspecified atom stereocenters. The van der Waals surface area contributed by atoms with Gasteiger partial charge in [-0.2, -0.15) is 0 Å². The zero-order valence-electron chi connectivity index (χ0n) is 9.79. The number of aliphatic carboxylic acids is 1. The molecule has 0 saturated heterocycles. The second-order valence-electron chi connectivity index (χ2n) is 3.63. The maximum Gasteiger partial charge on any atom is 0.331 e. The third kappa shape index (κ3) is 2.62. The van der Waals surface area contributed by atoms with E-state index < -0.39 is 12.0 Å². The van der Waals surface area contributed by atoms with Crippen molar-refractivity contribution in [3.05, 3.63) is 46.7 Å². The number of ether oxygens (including phenoxy) is 1. The lowest BCUT2D eigenvalue weighted by molar-refractivity contribution is -0.138. The molecule has 0 bridgehead atoms. The van der Waals surface area contributed by atoms with Crippen molar-refractivity contribution in [1.82, 2.24) is 0 Å². The van der Waals surface area contributed by atoms with Crippen molar-refractivity contribution >= 4 is 23.0 Å². The summed E-state index contributed by atoms with van der Waals surface area (Å²) in [7, 11) is 1.56. The summed E-state index contributed by atoms with van der Waals surface area (Å²) in [5, 5.41) is 14.1. The number of para-hydroxylation sites is 2. The maximum absolute atomic E-state index is 11.3. The van der Waals surface area contributed by atoms with E-state index in [1.807, 2.05) is 23.6 Å². The van der Waals surface area contributed by atoms with Gasteiger partial charge in [0.15, 0.2) is 6.04 Å². The van der Waals surface area contributed by atoms with E-state index in [9.17, 15) is 9.90 Å². The molecule has 2 N–H and O–H groups in total. The number of rotatable bonds is 5. The Morgan fingerprint density at radius 3 is 2.72 bits per heavy atom. The normalized spacial score (nSPS) is 11.8. The molecule has 0 aliphatic carbocycles. The summed E-state index contributed by atoms with van der Waals surface area (Å²) in [5.74, 6) is -0.288. The third-order valence-corrected chi connectivity index (χ3v) is 3.42. The number of hydrogen-bond donors (Lipinski definition) is 2. The predicted molar refractivity (Wildman–Crippen MR) is 71.3 cm³/mol. The molecule has 1 aromatic carbocycles. The lowest BCUT2D eigenvalue weighted by Gasteiger charge is -2.16. The second kappa shape index (κ2) is 5.55. The van der Waals surface area contributed by atoms with Gasteiger partial charge in [0, 0.05) is 4.88 Å². The summed E-state index contributed by atoms with van der Waals surface area (Å²) >= 11 is 1.41. The van der Waals surface area contributed by atoms with Gasteiger partial charge in [-0.15, -0.1) is 11.3 Å². The Kier molecular flexibility index (Phi) is 3.84. The number of nitrogens with one attached hydrogen (secondary N) is 1. The number of anilines is 1. The number of thiophene rings is 1. The molecule has 4 nitrogen and oxygen atoms in total. The molecule has 0 aliphatic rings. The van der Waals surface area contributed by atoms with Crippen LogP contribution in [0.1, 0.15) is 10.9 Å². The molecule has 0 spiro atoms. The summed E-state index contributed by atoms with van der Waals surface area (Å²) in [6.45, 7) is 0. The van der Waals surface area contributed by atoms with E-state index in [2.05, 4.69) is 5.32 Å². The Labute approximate surface area is 109 Å². The van der Waals surface area contributed by atoms with Crippen LogP contribution in [0.2, 0.25) is 0 Å². The predicted octanol–water partition coefficient (Wildman–Crippen LogP) is 2.99. The average molecular weight is 263 g/mol. The average Bonchev–Trinajstić information content (AvgIpc) is 2.89. The van der Waals surface area contributed by atoms with Crippen LogP contribution in [0.15, 0.2) is 41.8 Å². The Balaban J connectivity index is 2.27. The number of benzene rings is 1. The van der Waals surface area contributed by atoms with Crippen LogP contribution in [0.3, 0.4) is 0 Å². The minimum absolute atomic E-state index is 0.625. The van der Waals surface area contributed by atoms with Gasteiger partial charge in [0.2, 0.25) is 0 Å². The first-order chi connectivity index (χ1) is 8.72. The smallest absolute Gasteiger partial charge is 0.331 e. The largest absolute Gasteiger partial charge is 0.495 e. The van der Waals surface area contributed by atoms with Gasteiger partial charge in [-0.1, -0.05) is 18.2 Å². The zero-order valence-corrected chi connectivity index (χ0v) is 10.6. The Hall–Kier alpha value is -2.01. The van der Waals surface area contributed by atoms with E-state index in [1.54, 1.807) is 25.3 Å². The Morgan fingerprint density at radius 1 is 1.33 bits per heavy atom. The fraction of sp³-hybridized carbons (Fsp3) is 0.154. The van der Waals surface area contributed by atoms with Crippen molar-refractivity contribution in [3.63, 3.8) is 0 Å². The summed E-state index contributed by atoms with van der Waals surface area (Å²) in [6.07, 6.45) is 0. The third-order valence-electron chi connectivity index (χ3n) is 2.48. The fourth-order valence-electron chi connectivity index (χ4n) is 1.63. The monoisotopic (exact) mass is 263 g/mol. The molecule has 1 heterocycles. The van der Waals surface area contributed by atoms with Crippen LogP contribution < -0.4 is 10.1 Å². The van der Waals surface area contributed by atoms with Crippen molar-refractivity contribution in [2.45, 2.75) is 6.04 Å². The first-order valence-corrected chi connectivity index (χ1v) is 6.26. The highest BCUT2D eigenvalue weighted by Gasteiger charge is 2.21. The minimum atomic E-state index is -0.914. The summed E-state index contributed by atoms with van der Waals surface area (Å²) < 4.78 is 5.19. The molecule has 5 heteroatoms. The quantitative estimate of drug-likeness (QED) is 0.870. The van der Waals surface area contributed by atoms with Crippen LogP contribution in [0.25, 0.3) is 0 Å². The van der Waals surface area contributed by atoms with E-state index in [4.69, 9.17) is 4.74 Å². The molecule has 2 rings (SSSR count). The number of hydrogen-bond acceptors (Lipinski definition) is 4. The van der Waals surface area contributed by atoms with E-state index in [1.165, 1.54) is 11.3 Å². The van der Waals surface area contributed by atoms with Gasteiger partial charge in [0.05, 0.1) is 12.8 Å². The minimum Gasteiger partial charge on any atom is -0.495 e. The van der Waals surface area contributed by atoms with Crippen LogP contribution >= 0.6 is 11.3 Å². The SMILES string of the molecule is COc1ccccc1N[C@H](C(=O)O)c1cccs1. The van der Waals surface area contributed by atoms with Crippen molar-refractivity contribution in [2.75, 3.05) is 12.4 Å². The van der Waals surface area contributed by atoms with Crippen molar-refractivity contribution < 1.29 is 14.6 Å². The second-order valence-corrected chi connectivity index (χ2v) is 4.61. The Morgan fingerprint density at radius 2 is 2.11 bits per heavy atom. The molecule has 1 aromatic heterocycles. The first-order valence-electron chi connectivity index (χ1n) is 5.38. The van der Waals surface area contributed by atoms with Crippen LogP contribution in [0.4, 0.5) is 5.69 Å². The number of carbonyl (C=O) groups is 1. The molecule has 94 valence electrons. The highest BCUT2D eigenvalue weighted by Crippen LogP contribution is 2.29. The first kappa shape index (κ1) is 12.4. The number of carboxylic acid groups (broad SMARTS) is 1. The maximum atomic E-state index is 11.3. The van der Waals surface area contributed by atoms with Gasteiger partial charge >= 0.3 is 5.97 Å². The van der Waals surface area contributed by atoms with E-state index >= 15 is 0 Å². The van der Waals surface area contributed by atoms with Gasteiger partial charge < -0.3 is 15.2 Å². The summed E-state index contributed by atoms with van der Waals surface area (Å²) in [6, 6.07) is 10.1. The van der Waals surface area contributed by atoms with Crippen molar-refractivity contribution in [3.8, 4) is 5.75 Å². The van der Waals surface area contributed by atoms with E-state index in [0.29, 0.717) is 11.4 Å². The van der Waals surface area contributed by atoms with Gasteiger partial charge in [-0.3, -0.25) is 0 Å². The summed E-state index contributed by atoms with van der Waals surface area (Å²) in [4.78, 5) is 12.1. The molecular formula is C13H13NO3S. The van der Waals surface area contributed by atoms with Crippen LogP contribution in [0, 0.1) is 0 Å². The van der Waals surface area contributed by atoms with Crippen LogP contribution in [0.5, 0.6) is 5.75 Å². The van der Waals surface area contributed by atoms with Crippen molar-refractivity contribution in [2.24, 2.45) is 0 Å². The van der Waals surface area contributed by atoms with E-state index in [-0.39, 0.29) is 0 Å². The van der Waals surface area contributed by atoms with Gasteiger partial charge in [-0.25, -0.2) is 4.79 Å². The van der Waals surface area contributed by atoms with Gasteiger partial charge in [0.25, 0.3) is 0 Å². The molecule has 0 saturated carbocycles. The topological polar surface area (TPSA) is 58.6 Å².